The van der Waals surface area contributed by atoms with E-state index in [4.69, 9.17) is 4.98 Å². The molecular weight excluding hydrogens is 280 g/mol. The van der Waals surface area contributed by atoms with E-state index in [9.17, 15) is 0 Å². The van der Waals surface area contributed by atoms with Gasteiger partial charge in [-0.2, -0.15) is 0 Å². The van der Waals surface area contributed by atoms with Crippen LogP contribution >= 0.6 is 11.8 Å². The average Bonchev–Trinajstić information content (AvgIpc) is 2.56. The van der Waals surface area contributed by atoms with E-state index in [0.717, 1.165) is 24.0 Å². The fourth-order valence-corrected chi connectivity index (χ4v) is 3.39. The summed E-state index contributed by atoms with van der Waals surface area (Å²) in [5.74, 6) is 1.39. The molecule has 0 amide bonds. The Balaban J connectivity index is 1.71. The lowest BCUT2D eigenvalue weighted by Gasteiger charge is -2.23. The van der Waals surface area contributed by atoms with Crippen LogP contribution in [0.5, 0.6) is 0 Å². The Hall–Kier alpha value is -1.46. The molecule has 1 unspecified atom stereocenters. The number of hydrogen-bond acceptors (Lipinski definition) is 5. The normalized spacial score (nSPS) is 18.6. The summed E-state index contributed by atoms with van der Waals surface area (Å²) in [6.07, 6.45) is 8.10. The van der Waals surface area contributed by atoms with Gasteiger partial charge in [0.25, 0.3) is 0 Å². The molecule has 3 heterocycles. The highest BCUT2D eigenvalue weighted by Gasteiger charge is 2.19. The molecule has 2 aromatic heterocycles. The molecule has 1 N–H and O–H groups in total. The predicted octanol–water partition coefficient (Wildman–Crippen LogP) is 2.94. The zero-order valence-corrected chi connectivity index (χ0v) is 13.1. The zero-order valence-electron chi connectivity index (χ0n) is 12.2. The quantitative estimate of drug-likeness (QED) is 0.695. The summed E-state index contributed by atoms with van der Waals surface area (Å²) in [5, 5.41) is 4.33. The van der Waals surface area contributed by atoms with E-state index in [2.05, 4.69) is 28.3 Å². The summed E-state index contributed by atoms with van der Waals surface area (Å²) in [7, 11) is 0. The maximum absolute atomic E-state index is 4.80. The Morgan fingerprint density at radius 2 is 2.33 bits per heavy atom. The van der Waals surface area contributed by atoms with Crippen LogP contribution in [-0.2, 0) is 5.75 Å². The molecule has 1 fully saturated rings. The van der Waals surface area contributed by atoms with Crippen molar-refractivity contribution in [3.8, 4) is 0 Å². The molecule has 0 aliphatic carbocycles. The summed E-state index contributed by atoms with van der Waals surface area (Å²) < 4.78 is 0. The van der Waals surface area contributed by atoms with Gasteiger partial charge in [-0.05, 0) is 43.5 Å². The van der Waals surface area contributed by atoms with Gasteiger partial charge in [-0.1, -0.05) is 17.8 Å². The third kappa shape index (κ3) is 3.80. The van der Waals surface area contributed by atoms with Crippen molar-refractivity contribution in [3.63, 3.8) is 0 Å². The molecule has 2 aromatic rings. The maximum Gasteiger partial charge on any atom is 0.188 e. The van der Waals surface area contributed by atoms with Crippen LogP contribution in [0.15, 0.2) is 35.9 Å². The highest BCUT2D eigenvalue weighted by atomic mass is 32.2. The topological polar surface area (TPSA) is 50.7 Å². The van der Waals surface area contributed by atoms with Crippen molar-refractivity contribution < 1.29 is 0 Å². The number of aromatic nitrogens is 3. The van der Waals surface area contributed by atoms with Gasteiger partial charge in [0.2, 0.25) is 0 Å². The van der Waals surface area contributed by atoms with E-state index < -0.39 is 0 Å². The first-order valence-electron chi connectivity index (χ1n) is 7.39. The molecule has 1 saturated heterocycles. The van der Waals surface area contributed by atoms with E-state index in [1.807, 2.05) is 18.5 Å². The smallest absolute Gasteiger partial charge is 0.188 e. The molecule has 0 spiro atoms. The van der Waals surface area contributed by atoms with Crippen molar-refractivity contribution in [1.29, 1.82) is 0 Å². The predicted molar refractivity (Wildman–Crippen MR) is 85.4 cm³/mol. The largest absolute Gasteiger partial charge is 0.316 e. The number of nitrogens with one attached hydrogen (secondary N) is 1. The first-order valence-corrected chi connectivity index (χ1v) is 8.37. The molecule has 0 bridgehead atoms. The standard InChI is InChI=1S/C16H20N4S/c1-12-8-19-16(21-11-13-4-2-6-17-9-13)20-15(12)14-5-3-7-18-10-14/h2,4,6,8-9,14,18H,3,5,7,10-11H2,1H3. The molecule has 1 aliphatic rings. The molecular formula is C16H20N4S. The summed E-state index contributed by atoms with van der Waals surface area (Å²) in [6.45, 7) is 4.27. The van der Waals surface area contributed by atoms with Crippen LogP contribution in [0.3, 0.4) is 0 Å². The number of hydrogen-bond donors (Lipinski definition) is 1. The van der Waals surface area contributed by atoms with Crippen molar-refractivity contribution in [1.82, 2.24) is 20.3 Å². The third-order valence-corrected chi connectivity index (χ3v) is 4.70. The monoisotopic (exact) mass is 300 g/mol. The first-order chi connectivity index (χ1) is 10.3. The van der Waals surface area contributed by atoms with Gasteiger partial charge in [0, 0.05) is 36.8 Å². The fraction of sp³-hybridized carbons (Fsp3) is 0.438. The number of pyridine rings is 1. The Bertz CT molecular complexity index is 582. The van der Waals surface area contributed by atoms with E-state index in [-0.39, 0.29) is 0 Å². The van der Waals surface area contributed by atoms with Crippen molar-refractivity contribution in [2.75, 3.05) is 13.1 Å². The van der Waals surface area contributed by atoms with Gasteiger partial charge in [-0.15, -0.1) is 0 Å². The van der Waals surface area contributed by atoms with E-state index in [0.29, 0.717) is 5.92 Å². The molecule has 0 saturated carbocycles. The van der Waals surface area contributed by atoms with Crippen molar-refractivity contribution in [2.24, 2.45) is 0 Å². The Kier molecular flexibility index (Phi) is 4.83. The Morgan fingerprint density at radius 1 is 1.38 bits per heavy atom. The van der Waals surface area contributed by atoms with Crippen molar-refractivity contribution in [3.05, 3.63) is 47.5 Å². The summed E-state index contributed by atoms with van der Waals surface area (Å²) in [6, 6.07) is 4.05. The van der Waals surface area contributed by atoms with Gasteiger partial charge >= 0.3 is 0 Å². The molecule has 21 heavy (non-hydrogen) atoms. The third-order valence-electron chi connectivity index (χ3n) is 3.76. The van der Waals surface area contributed by atoms with Crippen LogP contribution in [-0.4, -0.2) is 28.0 Å². The number of piperidine rings is 1. The van der Waals surface area contributed by atoms with Gasteiger partial charge in [-0.3, -0.25) is 4.98 Å². The number of thioether (sulfide) groups is 1. The minimum absolute atomic E-state index is 0.527. The van der Waals surface area contributed by atoms with Gasteiger partial charge in [0.15, 0.2) is 5.16 Å². The molecule has 1 aliphatic heterocycles. The van der Waals surface area contributed by atoms with Crippen LogP contribution in [0.1, 0.15) is 35.6 Å². The van der Waals surface area contributed by atoms with Crippen molar-refractivity contribution >= 4 is 11.8 Å². The summed E-state index contributed by atoms with van der Waals surface area (Å²) in [5.41, 5.74) is 3.62. The van der Waals surface area contributed by atoms with Crippen LogP contribution in [0, 0.1) is 6.92 Å². The molecule has 1 atom stereocenters. The lowest BCUT2D eigenvalue weighted by Crippen LogP contribution is -2.29. The minimum atomic E-state index is 0.527. The molecule has 0 aromatic carbocycles. The second-order valence-electron chi connectivity index (χ2n) is 5.41. The molecule has 3 rings (SSSR count). The van der Waals surface area contributed by atoms with Crippen LogP contribution in [0.2, 0.25) is 0 Å². The number of aryl methyl sites for hydroxylation is 1. The fourth-order valence-electron chi connectivity index (χ4n) is 2.64. The van der Waals surface area contributed by atoms with Gasteiger partial charge in [0.05, 0.1) is 5.69 Å². The zero-order chi connectivity index (χ0) is 14.5. The lowest BCUT2D eigenvalue weighted by molar-refractivity contribution is 0.450. The minimum Gasteiger partial charge on any atom is -0.316 e. The molecule has 0 radical (unpaired) electrons. The first kappa shape index (κ1) is 14.5. The van der Waals surface area contributed by atoms with E-state index in [1.165, 1.54) is 29.7 Å². The van der Waals surface area contributed by atoms with Gasteiger partial charge in [-0.25, -0.2) is 9.97 Å². The number of nitrogens with zero attached hydrogens (tertiary/aromatic N) is 3. The van der Waals surface area contributed by atoms with Crippen LogP contribution in [0.25, 0.3) is 0 Å². The SMILES string of the molecule is Cc1cnc(SCc2cccnc2)nc1C1CCCNC1. The van der Waals surface area contributed by atoms with Gasteiger partial charge < -0.3 is 5.32 Å². The average molecular weight is 300 g/mol. The second-order valence-corrected chi connectivity index (χ2v) is 6.36. The maximum atomic E-state index is 4.80. The van der Waals surface area contributed by atoms with Crippen LogP contribution in [0.4, 0.5) is 0 Å². The Morgan fingerprint density at radius 3 is 3.10 bits per heavy atom. The van der Waals surface area contributed by atoms with E-state index >= 15 is 0 Å². The van der Waals surface area contributed by atoms with Gasteiger partial charge in [0.1, 0.15) is 0 Å². The summed E-state index contributed by atoms with van der Waals surface area (Å²) >= 11 is 1.68. The van der Waals surface area contributed by atoms with E-state index in [1.54, 1.807) is 18.0 Å². The molecule has 4 nitrogen and oxygen atoms in total. The highest BCUT2D eigenvalue weighted by molar-refractivity contribution is 7.98. The highest BCUT2D eigenvalue weighted by Crippen LogP contribution is 2.26. The van der Waals surface area contributed by atoms with Crippen LogP contribution < -0.4 is 5.32 Å². The number of rotatable bonds is 4. The summed E-state index contributed by atoms with van der Waals surface area (Å²) in [4.78, 5) is 13.4. The second kappa shape index (κ2) is 7.00. The lowest BCUT2D eigenvalue weighted by atomic mass is 9.94. The molecule has 5 heteroatoms. The Labute approximate surface area is 129 Å². The molecule has 110 valence electrons. The van der Waals surface area contributed by atoms with Crippen molar-refractivity contribution in [2.45, 2.75) is 36.6 Å².